The second kappa shape index (κ2) is 3.85. The Balaban J connectivity index is 2.05. The summed E-state index contributed by atoms with van der Waals surface area (Å²) in [7, 11) is 0. The van der Waals surface area contributed by atoms with Crippen LogP contribution in [0.25, 0.3) is 0 Å². The van der Waals surface area contributed by atoms with Gasteiger partial charge in [0.25, 0.3) is 0 Å². The summed E-state index contributed by atoms with van der Waals surface area (Å²) in [6.07, 6.45) is 0. The molecule has 0 spiro atoms. The van der Waals surface area contributed by atoms with Crippen molar-refractivity contribution in [2.75, 3.05) is 0 Å². The molecule has 2 nitrogen and oxygen atoms in total. The first-order valence-corrected chi connectivity index (χ1v) is 5.87. The molecule has 1 aliphatic heterocycles. The average Bonchev–Trinajstić information content (AvgIpc) is 2.35. The molecule has 0 radical (unpaired) electrons. The molecule has 0 aliphatic carbocycles. The van der Waals surface area contributed by atoms with Crippen LogP contribution in [0.1, 0.15) is 5.56 Å². The molecular weight excluding hydrogens is 220 g/mol. The third kappa shape index (κ3) is 1.58. The van der Waals surface area contributed by atoms with Crippen molar-refractivity contribution in [3.8, 4) is 11.5 Å². The molecular formula is C13H10O2S. The Kier molecular flexibility index (Phi) is 2.35. The van der Waals surface area contributed by atoms with Crippen molar-refractivity contribution in [2.24, 2.45) is 0 Å². The largest absolute Gasteiger partial charge is 0.455 e. The number of hydrogen-bond acceptors (Lipinski definition) is 3. The summed E-state index contributed by atoms with van der Waals surface area (Å²) in [6.45, 7) is 0.0446. The quantitative estimate of drug-likeness (QED) is 0.694. The third-order valence-corrected chi connectivity index (χ3v) is 3.59. The Bertz CT molecular complexity index is 537. The van der Waals surface area contributed by atoms with E-state index in [2.05, 4.69) is 0 Å². The topological polar surface area (TPSA) is 29.5 Å². The highest BCUT2D eigenvalue weighted by atomic mass is 32.2. The summed E-state index contributed by atoms with van der Waals surface area (Å²) in [5.74, 6) is 1.71. The van der Waals surface area contributed by atoms with Gasteiger partial charge in [0.2, 0.25) is 0 Å². The molecule has 0 bridgehead atoms. The SMILES string of the molecule is OCc1ccc2c(c1)Oc1ccccc1S2. The van der Waals surface area contributed by atoms with Gasteiger partial charge in [0.05, 0.1) is 16.4 Å². The molecule has 0 aromatic heterocycles. The zero-order chi connectivity index (χ0) is 11.0. The highest BCUT2D eigenvalue weighted by molar-refractivity contribution is 7.99. The second-order valence-corrected chi connectivity index (χ2v) is 4.67. The molecule has 1 aliphatic rings. The normalized spacial score (nSPS) is 12.6. The maximum Gasteiger partial charge on any atom is 0.141 e. The Labute approximate surface area is 97.9 Å². The fourth-order valence-electron chi connectivity index (χ4n) is 1.67. The van der Waals surface area contributed by atoms with E-state index in [1.165, 1.54) is 0 Å². The lowest BCUT2D eigenvalue weighted by Gasteiger charge is -2.19. The fourth-order valence-corrected chi connectivity index (χ4v) is 2.60. The summed E-state index contributed by atoms with van der Waals surface area (Å²) < 4.78 is 5.79. The monoisotopic (exact) mass is 230 g/mol. The molecule has 2 aromatic rings. The van der Waals surface area contributed by atoms with E-state index in [9.17, 15) is 0 Å². The van der Waals surface area contributed by atoms with Crippen LogP contribution in [0.5, 0.6) is 11.5 Å². The van der Waals surface area contributed by atoms with Crippen LogP contribution in [0.4, 0.5) is 0 Å². The lowest BCUT2D eigenvalue weighted by Crippen LogP contribution is -1.95. The molecule has 16 heavy (non-hydrogen) atoms. The van der Waals surface area contributed by atoms with Crippen molar-refractivity contribution in [1.82, 2.24) is 0 Å². The number of benzene rings is 2. The second-order valence-electron chi connectivity index (χ2n) is 3.59. The number of para-hydroxylation sites is 1. The van der Waals surface area contributed by atoms with E-state index in [0.717, 1.165) is 26.9 Å². The molecule has 3 heteroatoms. The highest BCUT2D eigenvalue weighted by Crippen LogP contribution is 2.46. The van der Waals surface area contributed by atoms with E-state index in [-0.39, 0.29) is 6.61 Å². The molecule has 3 rings (SSSR count). The van der Waals surface area contributed by atoms with Crippen molar-refractivity contribution < 1.29 is 9.84 Å². The van der Waals surface area contributed by atoms with Crippen LogP contribution in [0.3, 0.4) is 0 Å². The third-order valence-electron chi connectivity index (χ3n) is 2.48. The zero-order valence-corrected chi connectivity index (χ0v) is 9.33. The molecule has 0 atom stereocenters. The molecule has 0 fully saturated rings. The van der Waals surface area contributed by atoms with Crippen molar-refractivity contribution >= 4 is 11.8 Å². The summed E-state index contributed by atoms with van der Waals surface area (Å²) in [4.78, 5) is 2.22. The Morgan fingerprint density at radius 2 is 1.81 bits per heavy atom. The number of ether oxygens (including phenoxy) is 1. The number of aliphatic hydroxyl groups is 1. The van der Waals surface area contributed by atoms with Gasteiger partial charge in [-0.2, -0.15) is 0 Å². The molecule has 1 N–H and O–H groups in total. The minimum absolute atomic E-state index is 0.0446. The predicted molar refractivity (Wildman–Crippen MR) is 63.0 cm³/mol. The van der Waals surface area contributed by atoms with Gasteiger partial charge in [-0.3, -0.25) is 0 Å². The maximum absolute atomic E-state index is 9.07. The van der Waals surface area contributed by atoms with Crippen LogP contribution in [0, 0.1) is 0 Å². The average molecular weight is 230 g/mol. The minimum atomic E-state index is 0.0446. The molecule has 0 saturated carbocycles. The Hall–Kier alpha value is -1.45. The van der Waals surface area contributed by atoms with Crippen LogP contribution in [0.2, 0.25) is 0 Å². The van der Waals surface area contributed by atoms with E-state index in [0.29, 0.717) is 0 Å². The highest BCUT2D eigenvalue weighted by Gasteiger charge is 2.17. The number of aliphatic hydroxyl groups excluding tert-OH is 1. The van der Waals surface area contributed by atoms with E-state index >= 15 is 0 Å². The number of fused-ring (bicyclic) bond motifs is 2. The van der Waals surface area contributed by atoms with Gasteiger partial charge < -0.3 is 9.84 Å². The molecule has 0 unspecified atom stereocenters. The summed E-state index contributed by atoms with van der Waals surface area (Å²) in [6, 6.07) is 13.8. The standard InChI is InChI=1S/C13H10O2S/c14-8-9-5-6-13-11(7-9)15-10-3-1-2-4-12(10)16-13/h1-7,14H,8H2. The summed E-state index contributed by atoms with van der Waals surface area (Å²) in [5.41, 5.74) is 0.874. The Morgan fingerprint density at radius 3 is 2.69 bits per heavy atom. The van der Waals surface area contributed by atoms with E-state index in [1.54, 1.807) is 11.8 Å². The Morgan fingerprint density at radius 1 is 1.00 bits per heavy atom. The van der Waals surface area contributed by atoms with Gasteiger partial charge in [-0.25, -0.2) is 0 Å². The first-order chi connectivity index (χ1) is 7.86. The smallest absolute Gasteiger partial charge is 0.141 e. The fraction of sp³-hybridized carbons (Fsp3) is 0.0769. The van der Waals surface area contributed by atoms with Crippen molar-refractivity contribution in [2.45, 2.75) is 16.4 Å². The zero-order valence-electron chi connectivity index (χ0n) is 8.51. The summed E-state index contributed by atoms with van der Waals surface area (Å²) >= 11 is 1.70. The summed E-state index contributed by atoms with van der Waals surface area (Å²) in [5, 5.41) is 9.07. The van der Waals surface area contributed by atoms with Gasteiger partial charge in [0.15, 0.2) is 0 Å². The number of rotatable bonds is 1. The molecule has 2 aromatic carbocycles. The van der Waals surface area contributed by atoms with E-state index < -0.39 is 0 Å². The maximum atomic E-state index is 9.07. The first-order valence-electron chi connectivity index (χ1n) is 5.05. The van der Waals surface area contributed by atoms with E-state index in [4.69, 9.17) is 9.84 Å². The van der Waals surface area contributed by atoms with E-state index in [1.807, 2.05) is 42.5 Å². The van der Waals surface area contributed by atoms with Crippen LogP contribution in [-0.2, 0) is 6.61 Å². The van der Waals surface area contributed by atoms with Gasteiger partial charge in [-0.1, -0.05) is 30.0 Å². The van der Waals surface area contributed by atoms with Crippen LogP contribution < -0.4 is 4.74 Å². The van der Waals surface area contributed by atoms with Gasteiger partial charge in [-0.05, 0) is 29.8 Å². The van der Waals surface area contributed by atoms with Gasteiger partial charge in [-0.15, -0.1) is 0 Å². The number of hydrogen-bond donors (Lipinski definition) is 1. The van der Waals surface area contributed by atoms with Gasteiger partial charge >= 0.3 is 0 Å². The molecule has 80 valence electrons. The molecule has 0 saturated heterocycles. The lowest BCUT2D eigenvalue weighted by atomic mass is 10.2. The molecule has 1 heterocycles. The van der Waals surface area contributed by atoms with Crippen LogP contribution in [0.15, 0.2) is 52.3 Å². The van der Waals surface area contributed by atoms with Crippen LogP contribution >= 0.6 is 11.8 Å². The van der Waals surface area contributed by atoms with Crippen molar-refractivity contribution in [1.29, 1.82) is 0 Å². The first kappa shape index (κ1) is 9.75. The minimum Gasteiger partial charge on any atom is -0.455 e. The van der Waals surface area contributed by atoms with Gasteiger partial charge in [0, 0.05) is 0 Å². The van der Waals surface area contributed by atoms with Crippen LogP contribution in [-0.4, -0.2) is 5.11 Å². The van der Waals surface area contributed by atoms with Crippen molar-refractivity contribution in [3.63, 3.8) is 0 Å². The predicted octanol–water partition coefficient (Wildman–Crippen LogP) is 3.44. The van der Waals surface area contributed by atoms with Crippen molar-refractivity contribution in [3.05, 3.63) is 48.0 Å². The van der Waals surface area contributed by atoms with Gasteiger partial charge in [0.1, 0.15) is 11.5 Å². The lowest BCUT2D eigenvalue weighted by molar-refractivity contribution is 0.281. The molecule has 0 amide bonds.